The van der Waals surface area contributed by atoms with Gasteiger partial charge in [-0.25, -0.2) is 0 Å². The lowest BCUT2D eigenvalue weighted by atomic mass is 9.78. The van der Waals surface area contributed by atoms with Gasteiger partial charge < -0.3 is 10.0 Å². The predicted octanol–water partition coefficient (Wildman–Crippen LogP) is 1.88. The third-order valence-corrected chi connectivity index (χ3v) is 3.49. The van der Waals surface area contributed by atoms with Gasteiger partial charge >= 0.3 is 0 Å². The number of hydrogen-bond donors (Lipinski definition) is 1. The van der Waals surface area contributed by atoms with Gasteiger partial charge in [0.15, 0.2) is 0 Å². The van der Waals surface area contributed by atoms with Crippen molar-refractivity contribution in [3.8, 4) is 0 Å². The largest absolute Gasteiger partial charge is 0.390 e. The second-order valence-corrected chi connectivity index (χ2v) is 4.60. The summed E-state index contributed by atoms with van der Waals surface area (Å²) in [6, 6.07) is 0. The Morgan fingerprint density at radius 2 is 1.92 bits per heavy atom. The van der Waals surface area contributed by atoms with Gasteiger partial charge in [0.1, 0.15) is 0 Å². The van der Waals surface area contributed by atoms with Crippen LogP contribution in [0.5, 0.6) is 0 Å². The van der Waals surface area contributed by atoms with Crippen molar-refractivity contribution in [3.63, 3.8) is 0 Å². The smallest absolute Gasteiger partial charge is 0.0697 e. The molecule has 2 nitrogen and oxygen atoms in total. The van der Waals surface area contributed by atoms with Crippen LogP contribution in [0, 0.1) is 5.92 Å². The van der Waals surface area contributed by atoms with Gasteiger partial charge in [-0.05, 0) is 32.2 Å². The molecule has 1 atom stereocenters. The van der Waals surface area contributed by atoms with Crippen molar-refractivity contribution in [2.24, 2.45) is 5.92 Å². The van der Waals surface area contributed by atoms with Gasteiger partial charge in [-0.2, -0.15) is 0 Å². The van der Waals surface area contributed by atoms with Crippen LogP contribution in [0.3, 0.4) is 0 Å². The van der Waals surface area contributed by atoms with E-state index in [1.165, 1.54) is 6.42 Å². The van der Waals surface area contributed by atoms with E-state index >= 15 is 0 Å². The number of hydrogen-bond acceptors (Lipinski definition) is 2. The zero-order chi connectivity index (χ0) is 9.90. The van der Waals surface area contributed by atoms with Crippen LogP contribution in [0.1, 0.15) is 39.5 Å². The summed E-state index contributed by atoms with van der Waals surface area (Å²) in [4.78, 5) is 2.30. The Kier molecular flexibility index (Phi) is 3.74. The zero-order valence-corrected chi connectivity index (χ0v) is 9.21. The molecule has 78 valence electrons. The second kappa shape index (κ2) is 4.43. The Balaban J connectivity index is 2.46. The van der Waals surface area contributed by atoms with Crippen molar-refractivity contribution in [2.75, 3.05) is 20.1 Å². The number of nitrogens with zero attached hydrogens (tertiary/aromatic N) is 1. The van der Waals surface area contributed by atoms with Crippen LogP contribution < -0.4 is 0 Å². The van der Waals surface area contributed by atoms with E-state index in [0.717, 1.165) is 32.4 Å². The second-order valence-electron chi connectivity index (χ2n) is 4.60. The molecule has 0 aromatic heterocycles. The highest BCUT2D eigenvalue weighted by molar-refractivity contribution is 4.88. The van der Waals surface area contributed by atoms with E-state index in [1.54, 1.807) is 0 Å². The molecule has 1 saturated heterocycles. The summed E-state index contributed by atoms with van der Waals surface area (Å²) in [6.45, 7) is 6.47. The van der Waals surface area contributed by atoms with E-state index in [0.29, 0.717) is 5.92 Å². The van der Waals surface area contributed by atoms with Crippen molar-refractivity contribution in [1.29, 1.82) is 0 Å². The first-order valence-electron chi connectivity index (χ1n) is 5.49. The van der Waals surface area contributed by atoms with Gasteiger partial charge in [0.25, 0.3) is 0 Å². The van der Waals surface area contributed by atoms with Crippen molar-refractivity contribution in [1.82, 2.24) is 4.90 Å². The first-order chi connectivity index (χ1) is 6.08. The molecule has 0 aromatic rings. The minimum atomic E-state index is -0.372. The fourth-order valence-corrected chi connectivity index (χ4v) is 2.20. The Hall–Kier alpha value is -0.0800. The third kappa shape index (κ3) is 2.68. The van der Waals surface area contributed by atoms with Crippen molar-refractivity contribution >= 4 is 0 Å². The minimum Gasteiger partial charge on any atom is -0.390 e. The SMILES string of the molecule is CCCC(C)C1(O)CCN(C)CC1. The van der Waals surface area contributed by atoms with E-state index in [4.69, 9.17) is 0 Å². The maximum atomic E-state index is 10.4. The lowest BCUT2D eigenvalue weighted by Crippen LogP contribution is -2.46. The van der Waals surface area contributed by atoms with Crippen LogP contribution in [0.25, 0.3) is 0 Å². The van der Waals surface area contributed by atoms with E-state index in [1.807, 2.05) is 0 Å². The van der Waals surface area contributed by atoms with Crippen LogP contribution in [0.4, 0.5) is 0 Å². The average Bonchev–Trinajstić information content (AvgIpc) is 2.11. The van der Waals surface area contributed by atoms with Crippen LogP contribution in [-0.2, 0) is 0 Å². The van der Waals surface area contributed by atoms with Crippen molar-refractivity contribution < 1.29 is 5.11 Å². The number of rotatable bonds is 3. The third-order valence-electron chi connectivity index (χ3n) is 3.49. The van der Waals surface area contributed by atoms with Crippen LogP contribution in [0.15, 0.2) is 0 Å². The molecular weight excluding hydrogens is 162 g/mol. The summed E-state index contributed by atoms with van der Waals surface area (Å²) in [5, 5.41) is 10.4. The summed E-state index contributed by atoms with van der Waals surface area (Å²) in [7, 11) is 2.13. The predicted molar refractivity (Wildman–Crippen MR) is 55.8 cm³/mol. The van der Waals surface area contributed by atoms with Gasteiger partial charge in [0.05, 0.1) is 5.60 Å². The summed E-state index contributed by atoms with van der Waals surface area (Å²) >= 11 is 0. The monoisotopic (exact) mass is 185 g/mol. The maximum absolute atomic E-state index is 10.4. The number of aliphatic hydroxyl groups is 1. The summed E-state index contributed by atoms with van der Waals surface area (Å²) in [6.07, 6.45) is 4.23. The molecule has 1 aliphatic heterocycles. The molecule has 0 radical (unpaired) electrons. The Morgan fingerprint density at radius 1 is 1.38 bits per heavy atom. The van der Waals surface area contributed by atoms with Gasteiger partial charge in [-0.15, -0.1) is 0 Å². The van der Waals surface area contributed by atoms with Gasteiger partial charge in [-0.1, -0.05) is 20.3 Å². The standard InChI is InChI=1S/C11H23NO/c1-4-5-10(2)11(13)6-8-12(3)9-7-11/h10,13H,4-9H2,1-3H3. The fraction of sp³-hybridized carbons (Fsp3) is 1.00. The highest BCUT2D eigenvalue weighted by atomic mass is 16.3. The summed E-state index contributed by atoms with van der Waals surface area (Å²) in [5.41, 5.74) is -0.372. The minimum absolute atomic E-state index is 0.372. The van der Waals surface area contributed by atoms with Crippen LogP contribution >= 0.6 is 0 Å². The highest BCUT2D eigenvalue weighted by Crippen LogP contribution is 2.31. The highest BCUT2D eigenvalue weighted by Gasteiger charge is 2.35. The summed E-state index contributed by atoms with van der Waals surface area (Å²) in [5.74, 6) is 0.464. The maximum Gasteiger partial charge on any atom is 0.0697 e. The van der Waals surface area contributed by atoms with Gasteiger partial charge in [-0.3, -0.25) is 0 Å². The Bertz CT molecular complexity index is 150. The molecule has 1 unspecified atom stereocenters. The number of piperidine rings is 1. The molecule has 1 heterocycles. The fourth-order valence-electron chi connectivity index (χ4n) is 2.20. The van der Waals surface area contributed by atoms with E-state index < -0.39 is 0 Å². The van der Waals surface area contributed by atoms with Gasteiger partial charge in [0, 0.05) is 13.1 Å². The van der Waals surface area contributed by atoms with E-state index in [2.05, 4.69) is 25.8 Å². The summed E-state index contributed by atoms with van der Waals surface area (Å²) < 4.78 is 0. The lowest BCUT2D eigenvalue weighted by molar-refractivity contribution is -0.0602. The normalized spacial score (nSPS) is 25.8. The Labute approximate surface area is 81.9 Å². The molecule has 0 bridgehead atoms. The molecule has 0 aromatic carbocycles. The quantitative estimate of drug-likeness (QED) is 0.725. The molecule has 1 aliphatic rings. The Morgan fingerprint density at radius 3 is 2.38 bits per heavy atom. The molecule has 1 fully saturated rings. The lowest BCUT2D eigenvalue weighted by Gasteiger charge is -2.40. The topological polar surface area (TPSA) is 23.5 Å². The van der Waals surface area contributed by atoms with Crippen LogP contribution in [-0.4, -0.2) is 35.7 Å². The zero-order valence-electron chi connectivity index (χ0n) is 9.21. The molecule has 0 spiro atoms. The number of likely N-dealkylation sites (tertiary alicyclic amines) is 1. The molecule has 0 aliphatic carbocycles. The molecule has 1 N–H and O–H groups in total. The first kappa shape index (κ1) is 11.0. The van der Waals surface area contributed by atoms with E-state index in [-0.39, 0.29) is 5.60 Å². The van der Waals surface area contributed by atoms with Crippen molar-refractivity contribution in [3.05, 3.63) is 0 Å². The molecule has 0 saturated carbocycles. The van der Waals surface area contributed by atoms with Crippen molar-refractivity contribution in [2.45, 2.75) is 45.1 Å². The average molecular weight is 185 g/mol. The molecule has 13 heavy (non-hydrogen) atoms. The molecule has 1 rings (SSSR count). The molecule has 0 amide bonds. The van der Waals surface area contributed by atoms with Crippen LogP contribution in [0.2, 0.25) is 0 Å². The van der Waals surface area contributed by atoms with E-state index in [9.17, 15) is 5.11 Å². The molecular formula is C11H23NO. The molecule has 2 heteroatoms. The van der Waals surface area contributed by atoms with Gasteiger partial charge in [0.2, 0.25) is 0 Å². The first-order valence-corrected chi connectivity index (χ1v) is 5.49.